The van der Waals surface area contributed by atoms with Gasteiger partial charge >= 0.3 is 0 Å². The maximum Gasteiger partial charge on any atom is 0.182 e. The van der Waals surface area contributed by atoms with Crippen LogP contribution in [0.4, 0.5) is 10.8 Å². The zero-order valence-electron chi connectivity index (χ0n) is 9.23. The fourth-order valence-electron chi connectivity index (χ4n) is 1.73. The highest BCUT2D eigenvalue weighted by molar-refractivity contribution is 7.13. The van der Waals surface area contributed by atoms with Gasteiger partial charge in [0.15, 0.2) is 5.13 Å². The van der Waals surface area contributed by atoms with E-state index in [1.165, 1.54) is 11.1 Å². The van der Waals surface area contributed by atoms with Gasteiger partial charge in [0.25, 0.3) is 0 Å². The van der Waals surface area contributed by atoms with Crippen molar-refractivity contribution in [2.24, 2.45) is 0 Å². The summed E-state index contributed by atoms with van der Waals surface area (Å²) in [6.45, 7) is 2.90. The van der Waals surface area contributed by atoms with Crippen molar-refractivity contribution in [2.75, 3.05) is 11.1 Å². The van der Waals surface area contributed by atoms with Crippen molar-refractivity contribution in [3.63, 3.8) is 0 Å². The van der Waals surface area contributed by atoms with E-state index in [9.17, 15) is 0 Å². The molecule has 0 radical (unpaired) electrons. The van der Waals surface area contributed by atoms with Gasteiger partial charge < -0.3 is 11.1 Å². The van der Waals surface area contributed by atoms with E-state index in [-0.39, 0.29) is 0 Å². The molecule has 0 bridgehead atoms. The summed E-state index contributed by atoms with van der Waals surface area (Å²) in [6.07, 6.45) is 2.76. The van der Waals surface area contributed by atoms with E-state index in [4.69, 9.17) is 5.73 Å². The van der Waals surface area contributed by atoms with Crippen LogP contribution in [-0.2, 0) is 13.0 Å². The first-order valence-electron chi connectivity index (χ1n) is 5.31. The van der Waals surface area contributed by atoms with Crippen LogP contribution >= 0.6 is 11.3 Å². The molecule has 0 aliphatic heterocycles. The van der Waals surface area contributed by atoms with E-state index in [0.29, 0.717) is 0 Å². The topological polar surface area (TPSA) is 50.9 Å². The van der Waals surface area contributed by atoms with Crippen molar-refractivity contribution in [3.05, 3.63) is 40.9 Å². The molecule has 84 valence electrons. The molecule has 0 saturated carbocycles. The first-order valence-corrected chi connectivity index (χ1v) is 6.19. The molecule has 2 aromatic rings. The molecule has 0 saturated heterocycles. The van der Waals surface area contributed by atoms with Gasteiger partial charge in [-0.05, 0) is 23.6 Å². The lowest BCUT2D eigenvalue weighted by molar-refractivity contribution is 1.04. The number of thiazole rings is 1. The Bertz CT molecular complexity index is 451. The maximum absolute atomic E-state index is 5.94. The third-order valence-electron chi connectivity index (χ3n) is 2.53. The molecule has 2 rings (SSSR count). The second-order valence-corrected chi connectivity index (χ2v) is 4.42. The highest BCUT2D eigenvalue weighted by atomic mass is 32.1. The summed E-state index contributed by atoms with van der Waals surface area (Å²) in [7, 11) is 0. The van der Waals surface area contributed by atoms with Gasteiger partial charge in [-0.1, -0.05) is 19.1 Å². The minimum atomic E-state index is 0.779. The number of anilines is 2. The summed E-state index contributed by atoms with van der Waals surface area (Å²) in [5.74, 6) is 0. The molecular weight excluding hydrogens is 218 g/mol. The molecule has 3 nitrogen and oxygen atoms in total. The van der Waals surface area contributed by atoms with Crippen molar-refractivity contribution in [3.8, 4) is 0 Å². The average molecular weight is 233 g/mol. The lowest BCUT2D eigenvalue weighted by Gasteiger charge is -2.10. The molecule has 1 aromatic heterocycles. The third kappa shape index (κ3) is 2.33. The Morgan fingerprint density at radius 2 is 2.31 bits per heavy atom. The summed E-state index contributed by atoms with van der Waals surface area (Å²) in [4.78, 5) is 4.19. The van der Waals surface area contributed by atoms with E-state index in [1.807, 2.05) is 17.5 Å². The Hall–Kier alpha value is -1.55. The van der Waals surface area contributed by atoms with Gasteiger partial charge in [-0.25, -0.2) is 4.98 Å². The Balaban J connectivity index is 2.12. The van der Waals surface area contributed by atoms with E-state index < -0.39 is 0 Å². The van der Waals surface area contributed by atoms with Crippen molar-refractivity contribution in [1.29, 1.82) is 0 Å². The van der Waals surface area contributed by atoms with Crippen molar-refractivity contribution < 1.29 is 0 Å². The predicted octanol–water partition coefficient (Wildman–Crippen LogP) is 2.90. The number of nitrogens with two attached hydrogens (primary N) is 1. The molecule has 0 spiro atoms. The first-order chi connectivity index (χ1) is 7.81. The number of nitrogens with zero attached hydrogens (tertiary/aromatic N) is 1. The van der Waals surface area contributed by atoms with E-state index in [0.717, 1.165) is 23.8 Å². The minimum absolute atomic E-state index is 0.779. The Morgan fingerprint density at radius 1 is 1.44 bits per heavy atom. The van der Waals surface area contributed by atoms with Gasteiger partial charge in [-0.2, -0.15) is 0 Å². The molecule has 1 heterocycles. The fraction of sp³-hybridized carbons (Fsp3) is 0.250. The van der Waals surface area contributed by atoms with Crippen LogP contribution < -0.4 is 11.1 Å². The third-order valence-corrected chi connectivity index (χ3v) is 3.26. The van der Waals surface area contributed by atoms with Crippen LogP contribution in [0.25, 0.3) is 0 Å². The van der Waals surface area contributed by atoms with Crippen LogP contribution in [0, 0.1) is 0 Å². The van der Waals surface area contributed by atoms with Crippen molar-refractivity contribution >= 4 is 22.2 Å². The number of aromatic nitrogens is 1. The lowest BCUT2D eigenvalue weighted by Crippen LogP contribution is -2.04. The van der Waals surface area contributed by atoms with Gasteiger partial charge in [0.1, 0.15) is 0 Å². The molecule has 0 atom stereocenters. The smallest absolute Gasteiger partial charge is 0.182 e. The van der Waals surface area contributed by atoms with E-state index in [2.05, 4.69) is 23.3 Å². The summed E-state index contributed by atoms with van der Waals surface area (Å²) >= 11 is 1.61. The van der Waals surface area contributed by atoms with Crippen LogP contribution in [0.3, 0.4) is 0 Å². The van der Waals surface area contributed by atoms with Gasteiger partial charge in [0.05, 0.1) is 0 Å². The molecule has 0 amide bonds. The van der Waals surface area contributed by atoms with Crippen LogP contribution in [0.15, 0.2) is 29.8 Å². The zero-order chi connectivity index (χ0) is 11.4. The van der Waals surface area contributed by atoms with Gasteiger partial charge in [0.2, 0.25) is 0 Å². The molecular formula is C12H15N3S. The highest BCUT2D eigenvalue weighted by Gasteiger charge is 2.04. The number of hydrogen-bond donors (Lipinski definition) is 2. The second-order valence-electron chi connectivity index (χ2n) is 3.53. The van der Waals surface area contributed by atoms with Gasteiger partial charge in [-0.15, -0.1) is 11.3 Å². The van der Waals surface area contributed by atoms with Crippen LogP contribution in [0.2, 0.25) is 0 Å². The van der Waals surface area contributed by atoms with Gasteiger partial charge in [-0.3, -0.25) is 0 Å². The summed E-state index contributed by atoms with van der Waals surface area (Å²) in [6, 6.07) is 6.05. The average Bonchev–Trinajstić information content (AvgIpc) is 2.79. The van der Waals surface area contributed by atoms with Crippen LogP contribution in [-0.4, -0.2) is 4.98 Å². The predicted molar refractivity (Wildman–Crippen MR) is 69.7 cm³/mol. The molecule has 0 unspecified atom stereocenters. The Labute approximate surface area is 99.3 Å². The van der Waals surface area contributed by atoms with Crippen LogP contribution in [0.5, 0.6) is 0 Å². The monoisotopic (exact) mass is 233 g/mol. The first kappa shape index (κ1) is 11.0. The summed E-state index contributed by atoms with van der Waals surface area (Å²) < 4.78 is 0. The standard InChI is InChI=1S/C12H15N3S/c1-2-10-9(4-3-5-11(10)13)8-15-12-14-6-7-16-12/h3-7H,2,8,13H2,1H3,(H,14,15). The fourth-order valence-corrected chi connectivity index (χ4v) is 2.26. The zero-order valence-corrected chi connectivity index (χ0v) is 10.1. The molecule has 0 fully saturated rings. The number of nitrogens with one attached hydrogen (secondary N) is 1. The minimum Gasteiger partial charge on any atom is -0.398 e. The SMILES string of the molecule is CCc1c(N)cccc1CNc1nccs1. The number of hydrogen-bond acceptors (Lipinski definition) is 4. The molecule has 0 aliphatic carbocycles. The Kier molecular flexibility index (Phi) is 3.41. The quantitative estimate of drug-likeness (QED) is 0.798. The summed E-state index contributed by atoms with van der Waals surface area (Å²) in [5.41, 5.74) is 9.29. The van der Waals surface area contributed by atoms with Crippen molar-refractivity contribution in [1.82, 2.24) is 4.98 Å². The highest BCUT2D eigenvalue weighted by Crippen LogP contribution is 2.19. The molecule has 0 aliphatic rings. The largest absolute Gasteiger partial charge is 0.398 e. The molecule has 16 heavy (non-hydrogen) atoms. The summed E-state index contributed by atoms with van der Waals surface area (Å²) in [5, 5.41) is 6.20. The van der Waals surface area contributed by atoms with E-state index >= 15 is 0 Å². The molecule has 3 N–H and O–H groups in total. The Morgan fingerprint density at radius 3 is 3.00 bits per heavy atom. The second kappa shape index (κ2) is 4.99. The number of rotatable bonds is 4. The van der Waals surface area contributed by atoms with Crippen LogP contribution in [0.1, 0.15) is 18.1 Å². The molecule has 1 aromatic carbocycles. The van der Waals surface area contributed by atoms with E-state index in [1.54, 1.807) is 17.5 Å². The number of benzene rings is 1. The van der Waals surface area contributed by atoms with Gasteiger partial charge in [0, 0.05) is 23.8 Å². The normalized spacial score (nSPS) is 10.3. The maximum atomic E-state index is 5.94. The van der Waals surface area contributed by atoms with Crippen molar-refractivity contribution in [2.45, 2.75) is 19.9 Å². The lowest BCUT2D eigenvalue weighted by atomic mass is 10.0. The number of nitrogen functional groups attached to an aromatic ring is 1. The molecule has 4 heteroatoms.